The van der Waals surface area contributed by atoms with Gasteiger partial charge in [0.15, 0.2) is 0 Å². The van der Waals surface area contributed by atoms with Crippen LogP contribution in [0.2, 0.25) is 0 Å². The smallest absolute Gasteiger partial charge is 0.135 e. The Morgan fingerprint density at radius 2 is 0.930 bits per heavy atom. The number of rotatable bonds is 4. The summed E-state index contributed by atoms with van der Waals surface area (Å²) in [7, 11) is 0. The third-order valence-electron chi connectivity index (χ3n) is 12.3. The van der Waals surface area contributed by atoms with Crippen molar-refractivity contribution in [3.63, 3.8) is 0 Å². The molecule has 12 aromatic rings. The summed E-state index contributed by atoms with van der Waals surface area (Å²) < 4.78 is 16.1. The molecule has 0 unspecified atom stereocenters. The van der Waals surface area contributed by atoms with E-state index < -0.39 is 0 Å². The van der Waals surface area contributed by atoms with Crippen LogP contribution < -0.4 is 0 Å². The van der Waals surface area contributed by atoms with Gasteiger partial charge in [-0.3, -0.25) is 0 Å². The summed E-state index contributed by atoms with van der Waals surface area (Å²) in [6.07, 6.45) is 8.71. The Bertz CT molecular complexity index is 3650. The summed E-state index contributed by atoms with van der Waals surface area (Å²) >= 11 is 0. The second-order valence-electron chi connectivity index (χ2n) is 15.4. The minimum Gasteiger partial charge on any atom is -0.456 e. The lowest BCUT2D eigenvalue weighted by Gasteiger charge is -2.19. The van der Waals surface area contributed by atoms with Gasteiger partial charge in [-0.2, -0.15) is 0 Å². The molecule has 268 valence electrons. The molecule has 0 spiro atoms. The molecule has 0 fully saturated rings. The van der Waals surface area contributed by atoms with Crippen molar-refractivity contribution in [1.29, 1.82) is 0 Å². The van der Waals surface area contributed by atoms with Gasteiger partial charge in [-0.05, 0) is 121 Å². The van der Waals surface area contributed by atoms with Crippen molar-refractivity contribution in [3.8, 4) is 17.1 Å². The molecule has 0 radical (unpaired) electrons. The number of hydrogen-bond donors (Lipinski definition) is 0. The molecule has 0 amide bonds. The number of allylic oxidation sites excluding steroid dienone is 1. The Kier molecular flexibility index (Phi) is 6.22. The summed E-state index contributed by atoms with van der Waals surface area (Å²) in [6, 6.07) is 59.4. The zero-order chi connectivity index (χ0) is 37.2. The van der Waals surface area contributed by atoms with E-state index in [2.05, 4.69) is 201 Å². The molecule has 1 aliphatic carbocycles. The van der Waals surface area contributed by atoms with E-state index in [0.29, 0.717) is 0 Å². The summed E-state index contributed by atoms with van der Waals surface area (Å²) in [5.41, 5.74) is 15.2. The molecule has 0 saturated carbocycles. The van der Waals surface area contributed by atoms with E-state index in [4.69, 9.17) is 4.42 Å². The highest BCUT2D eigenvalue weighted by Crippen LogP contribution is 2.41. The van der Waals surface area contributed by atoms with Gasteiger partial charge < -0.3 is 22.7 Å². The minimum absolute atomic E-state index is 0.888. The Balaban J connectivity index is 0.966. The summed E-state index contributed by atoms with van der Waals surface area (Å²) in [4.78, 5) is 0. The molecule has 5 aromatic heterocycles. The van der Waals surface area contributed by atoms with Gasteiger partial charge in [0.05, 0.1) is 27.6 Å². The van der Waals surface area contributed by atoms with Crippen molar-refractivity contribution in [2.45, 2.75) is 12.8 Å². The third kappa shape index (κ3) is 4.39. The Labute approximate surface area is 327 Å². The summed E-state index contributed by atoms with van der Waals surface area (Å²) in [6.45, 7) is 0. The molecule has 5 nitrogen and oxygen atoms in total. The predicted molar refractivity (Wildman–Crippen MR) is 236 cm³/mol. The van der Waals surface area contributed by atoms with Crippen LogP contribution in [-0.2, 0) is 6.42 Å². The van der Waals surface area contributed by atoms with Gasteiger partial charge in [0.1, 0.15) is 11.2 Å². The van der Waals surface area contributed by atoms with Crippen LogP contribution in [0, 0.1) is 0 Å². The van der Waals surface area contributed by atoms with Crippen LogP contribution in [0.1, 0.15) is 17.7 Å². The van der Waals surface area contributed by atoms with Gasteiger partial charge in [-0.1, -0.05) is 72.8 Å². The van der Waals surface area contributed by atoms with Crippen LogP contribution in [0.15, 0.2) is 181 Å². The topological polar surface area (TPSA) is 32.9 Å². The first kappa shape index (κ1) is 30.8. The van der Waals surface area contributed by atoms with Gasteiger partial charge in [0.2, 0.25) is 0 Å². The number of aromatic nitrogens is 4. The molecule has 0 aliphatic heterocycles. The maximum Gasteiger partial charge on any atom is 0.135 e. The molecule has 1 aliphatic rings. The average molecular weight is 731 g/mol. The average Bonchev–Trinajstić information content (AvgIpc) is 4.09. The fourth-order valence-corrected chi connectivity index (χ4v) is 9.76. The number of hydrogen-bond acceptors (Lipinski definition) is 1. The lowest BCUT2D eigenvalue weighted by atomic mass is 9.99. The van der Waals surface area contributed by atoms with Crippen molar-refractivity contribution in [2.24, 2.45) is 0 Å². The van der Waals surface area contributed by atoms with Gasteiger partial charge in [-0.15, -0.1) is 0 Å². The fraction of sp³-hybridized carbons (Fsp3) is 0.0385. The number of fused-ring (bicyclic) bond motifs is 11. The van der Waals surface area contributed by atoms with Crippen LogP contribution >= 0.6 is 0 Å². The maximum absolute atomic E-state index is 6.52. The molecule has 57 heavy (non-hydrogen) atoms. The SMILES string of the molecule is C1=C(n2ccc3ccccc32)CCc2c1c1ccccc1n2-c1ccc2oc3ccc(-n4c5ccccc5c5cc(-n6ccc7ccccc76)ccc54)cc3c2c1. The lowest BCUT2D eigenvalue weighted by molar-refractivity contribution is 0.668. The van der Waals surface area contributed by atoms with Crippen LogP contribution in [0.3, 0.4) is 0 Å². The first-order valence-corrected chi connectivity index (χ1v) is 19.7. The summed E-state index contributed by atoms with van der Waals surface area (Å²) in [5, 5.41) is 8.47. The van der Waals surface area contributed by atoms with Gasteiger partial charge in [-0.25, -0.2) is 0 Å². The van der Waals surface area contributed by atoms with Crippen molar-refractivity contribution < 1.29 is 4.42 Å². The lowest BCUT2D eigenvalue weighted by Crippen LogP contribution is -2.07. The molecule has 7 aromatic carbocycles. The highest BCUT2D eigenvalue weighted by atomic mass is 16.3. The Hall–Kier alpha value is -7.50. The summed E-state index contributed by atoms with van der Waals surface area (Å²) in [5.74, 6) is 0. The first-order chi connectivity index (χ1) is 28.2. The van der Waals surface area contributed by atoms with Gasteiger partial charge in [0.25, 0.3) is 0 Å². The number of para-hydroxylation sites is 4. The number of benzene rings is 7. The van der Waals surface area contributed by atoms with Crippen molar-refractivity contribution in [3.05, 3.63) is 187 Å². The molecule has 13 rings (SSSR count). The molecule has 5 heteroatoms. The molecular weight excluding hydrogens is 697 g/mol. The molecule has 0 N–H and O–H groups in total. The molecule has 5 heterocycles. The quantitative estimate of drug-likeness (QED) is 0.177. The van der Waals surface area contributed by atoms with Gasteiger partial charge in [0, 0.05) is 73.3 Å². The first-order valence-electron chi connectivity index (χ1n) is 19.7. The minimum atomic E-state index is 0.888. The van der Waals surface area contributed by atoms with Crippen LogP contribution in [-0.4, -0.2) is 18.3 Å². The van der Waals surface area contributed by atoms with E-state index in [9.17, 15) is 0 Å². The van der Waals surface area contributed by atoms with Crippen LogP contribution in [0.25, 0.3) is 105 Å². The Morgan fingerprint density at radius 1 is 0.386 bits per heavy atom. The normalized spacial score (nSPS) is 13.2. The van der Waals surface area contributed by atoms with Gasteiger partial charge >= 0.3 is 0 Å². The van der Waals surface area contributed by atoms with Crippen molar-refractivity contribution in [2.75, 3.05) is 0 Å². The van der Waals surface area contributed by atoms with Crippen LogP contribution in [0.5, 0.6) is 0 Å². The monoisotopic (exact) mass is 730 g/mol. The largest absolute Gasteiger partial charge is 0.456 e. The highest BCUT2D eigenvalue weighted by Gasteiger charge is 2.23. The second-order valence-corrected chi connectivity index (χ2v) is 15.4. The van der Waals surface area contributed by atoms with E-state index in [1.54, 1.807) is 0 Å². The second kappa shape index (κ2) is 11.5. The van der Waals surface area contributed by atoms with E-state index in [0.717, 1.165) is 51.8 Å². The number of nitrogens with zero attached hydrogens (tertiary/aromatic N) is 4. The predicted octanol–water partition coefficient (Wildman–Crippen LogP) is 13.5. The van der Waals surface area contributed by atoms with Crippen LogP contribution in [0.4, 0.5) is 0 Å². The molecule has 0 atom stereocenters. The van der Waals surface area contributed by atoms with Crippen molar-refractivity contribution in [1.82, 2.24) is 18.3 Å². The zero-order valence-corrected chi connectivity index (χ0v) is 30.9. The standard InChI is InChI=1S/C52H34N4O/c1-5-13-45-33(9-1)25-27-53(45)35-17-21-49-41(29-35)39-11-3-7-15-47(39)55(49)37-19-23-51-43(31-37)44-32-38(20-24-52(44)57-51)56-48-16-8-4-12-40(48)42-30-36(18-22-50(42)56)54-28-26-34-10-2-6-14-46(34)54/h1-17,19-21,23-32H,18,22H2. The fourth-order valence-electron chi connectivity index (χ4n) is 9.76. The number of furan rings is 1. The molecule has 0 bridgehead atoms. The Morgan fingerprint density at radius 3 is 1.67 bits per heavy atom. The maximum atomic E-state index is 6.52. The van der Waals surface area contributed by atoms with E-state index in [-0.39, 0.29) is 0 Å². The highest BCUT2D eigenvalue weighted by molar-refractivity contribution is 6.11. The molecular formula is C52H34N4O. The third-order valence-corrected chi connectivity index (χ3v) is 12.3. The van der Waals surface area contributed by atoms with E-state index >= 15 is 0 Å². The zero-order valence-electron chi connectivity index (χ0n) is 30.9. The van der Waals surface area contributed by atoms with E-state index in [1.165, 1.54) is 71.5 Å². The van der Waals surface area contributed by atoms with E-state index in [1.807, 2.05) is 0 Å². The van der Waals surface area contributed by atoms with Crippen molar-refractivity contribution >= 4 is 88.2 Å². The molecule has 0 saturated heterocycles.